The van der Waals surface area contributed by atoms with Gasteiger partial charge in [0.1, 0.15) is 0 Å². The van der Waals surface area contributed by atoms with Crippen molar-refractivity contribution in [3.8, 4) is 0 Å². The highest BCUT2D eigenvalue weighted by atomic mass is 16.5. The van der Waals surface area contributed by atoms with Crippen LogP contribution in [0.4, 0.5) is 0 Å². The van der Waals surface area contributed by atoms with Crippen molar-refractivity contribution in [1.29, 1.82) is 0 Å². The van der Waals surface area contributed by atoms with E-state index in [2.05, 4.69) is 37.7 Å². The van der Waals surface area contributed by atoms with Crippen molar-refractivity contribution in [2.75, 3.05) is 40.3 Å². The van der Waals surface area contributed by atoms with Crippen molar-refractivity contribution in [3.63, 3.8) is 0 Å². The van der Waals surface area contributed by atoms with E-state index in [4.69, 9.17) is 4.74 Å². The zero-order valence-electron chi connectivity index (χ0n) is 15.6. The molecule has 1 spiro atoms. The van der Waals surface area contributed by atoms with Gasteiger partial charge in [-0.2, -0.15) is 0 Å². The van der Waals surface area contributed by atoms with E-state index in [0.717, 1.165) is 51.3 Å². The molecule has 0 aromatic heterocycles. The van der Waals surface area contributed by atoms with Gasteiger partial charge in [0.25, 0.3) is 0 Å². The number of piperidine rings is 1. The highest BCUT2D eigenvalue weighted by molar-refractivity contribution is 5.78. The lowest BCUT2D eigenvalue weighted by atomic mass is 9.78. The van der Waals surface area contributed by atoms with Crippen molar-refractivity contribution in [2.24, 2.45) is 11.8 Å². The van der Waals surface area contributed by atoms with Crippen LogP contribution in [0.5, 0.6) is 0 Å². The summed E-state index contributed by atoms with van der Waals surface area (Å²) in [7, 11) is 4.30. The van der Waals surface area contributed by atoms with Gasteiger partial charge in [-0.25, -0.2) is 0 Å². The zero-order chi connectivity index (χ0) is 16.9. The number of hydrogen-bond donors (Lipinski definition) is 0. The first-order chi connectivity index (χ1) is 11.0. The van der Waals surface area contributed by atoms with E-state index in [1.807, 2.05) is 0 Å². The number of amides is 1. The maximum absolute atomic E-state index is 12.6. The lowest BCUT2D eigenvalue weighted by Crippen LogP contribution is -2.52. The Labute approximate surface area is 142 Å². The molecule has 0 saturated carbocycles. The second-order valence-corrected chi connectivity index (χ2v) is 7.82. The molecule has 2 saturated heterocycles. The molecule has 2 fully saturated rings. The first-order valence-electron chi connectivity index (χ1n) is 9.57. The van der Waals surface area contributed by atoms with Crippen LogP contribution in [0.1, 0.15) is 58.8 Å². The Hall–Kier alpha value is -0.610. The summed E-state index contributed by atoms with van der Waals surface area (Å²) in [5, 5.41) is 0. The maximum atomic E-state index is 12.6. The Morgan fingerprint density at radius 2 is 1.91 bits per heavy atom. The average Bonchev–Trinajstić information content (AvgIpc) is 2.55. The minimum Gasteiger partial charge on any atom is -0.375 e. The standard InChI is InChI=1S/C19H36N2O2/c1-5-17(6-2)18(22)21-12-9-19(10-13-21)15-16(8-14-23-19)7-11-20(3)4/h16-17H,5-15H2,1-4H3. The fraction of sp³-hybridized carbons (Fsp3) is 0.947. The largest absolute Gasteiger partial charge is 0.375 e. The molecule has 0 bridgehead atoms. The van der Waals surface area contributed by atoms with Gasteiger partial charge in [-0.15, -0.1) is 0 Å². The monoisotopic (exact) mass is 324 g/mol. The van der Waals surface area contributed by atoms with Crippen molar-refractivity contribution in [1.82, 2.24) is 9.80 Å². The van der Waals surface area contributed by atoms with Crippen LogP contribution < -0.4 is 0 Å². The van der Waals surface area contributed by atoms with Gasteiger partial charge in [-0.3, -0.25) is 4.79 Å². The molecule has 2 aliphatic rings. The highest BCUT2D eigenvalue weighted by Gasteiger charge is 2.41. The van der Waals surface area contributed by atoms with E-state index in [1.54, 1.807) is 0 Å². The summed E-state index contributed by atoms with van der Waals surface area (Å²) in [6, 6.07) is 0. The minimum absolute atomic E-state index is 0.0555. The van der Waals surface area contributed by atoms with E-state index in [1.165, 1.54) is 25.8 Å². The molecule has 1 amide bonds. The van der Waals surface area contributed by atoms with Gasteiger partial charge >= 0.3 is 0 Å². The summed E-state index contributed by atoms with van der Waals surface area (Å²) in [5.74, 6) is 1.36. The molecule has 1 unspecified atom stereocenters. The first kappa shape index (κ1) is 18.7. The number of ether oxygens (including phenoxy) is 1. The second kappa shape index (κ2) is 8.48. The van der Waals surface area contributed by atoms with E-state index < -0.39 is 0 Å². The number of likely N-dealkylation sites (tertiary alicyclic amines) is 1. The van der Waals surface area contributed by atoms with Gasteiger partial charge in [0.2, 0.25) is 5.91 Å². The molecule has 2 rings (SSSR count). The molecule has 4 heteroatoms. The number of carbonyl (C=O) groups is 1. The molecule has 0 N–H and O–H groups in total. The zero-order valence-corrected chi connectivity index (χ0v) is 15.6. The summed E-state index contributed by atoms with van der Waals surface area (Å²) in [6.07, 6.45) is 7.63. The Balaban J connectivity index is 1.85. The molecule has 1 atom stereocenters. The van der Waals surface area contributed by atoms with Crippen LogP contribution in [0.15, 0.2) is 0 Å². The van der Waals surface area contributed by atoms with E-state index >= 15 is 0 Å². The van der Waals surface area contributed by atoms with Crippen LogP contribution >= 0.6 is 0 Å². The van der Waals surface area contributed by atoms with Crippen molar-refractivity contribution in [3.05, 3.63) is 0 Å². The lowest BCUT2D eigenvalue weighted by molar-refractivity contribution is -0.150. The van der Waals surface area contributed by atoms with Gasteiger partial charge < -0.3 is 14.5 Å². The number of carbonyl (C=O) groups excluding carboxylic acids is 1. The van der Waals surface area contributed by atoms with Gasteiger partial charge in [0.05, 0.1) is 5.60 Å². The summed E-state index contributed by atoms with van der Waals surface area (Å²) in [4.78, 5) is 16.9. The predicted molar refractivity (Wildman–Crippen MR) is 94.5 cm³/mol. The summed E-state index contributed by atoms with van der Waals surface area (Å²) in [6.45, 7) is 8.08. The summed E-state index contributed by atoms with van der Waals surface area (Å²) < 4.78 is 6.23. The number of hydrogen-bond acceptors (Lipinski definition) is 3. The molecule has 2 heterocycles. The van der Waals surface area contributed by atoms with Gasteiger partial charge in [0, 0.05) is 25.6 Å². The maximum Gasteiger partial charge on any atom is 0.225 e. The third-order valence-corrected chi connectivity index (χ3v) is 5.90. The minimum atomic E-state index is 0.0555. The third kappa shape index (κ3) is 4.93. The molecule has 23 heavy (non-hydrogen) atoms. The van der Waals surface area contributed by atoms with E-state index in [0.29, 0.717) is 5.91 Å². The molecular formula is C19H36N2O2. The van der Waals surface area contributed by atoms with Crippen molar-refractivity contribution >= 4 is 5.91 Å². The lowest BCUT2D eigenvalue weighted by Gasteiger charge is -2.47. The van der Waals surface area contributed by atoms with Gasteiger partial charge in [0.15, 0.2) is 0 Å². The fourth-order valence-electron chi connectivity index (χ4n) is 4.20. The molecule has 134 valence electrons. The average molecular weight is 325 g/mol. The normalized spacial score (nSPS) is 24.6. The Morgan fingerprint density at radius 3 is 2.48 bits per heavy atom. The summed E-state index contributed by atoms with van der Waals surface area (Å²) in [5.41, 5.74) is 0.0555. The van der Waals surface area contributed by atoms with Gasteiger partial charge in [-0.05, 0) is 71.5 Å². The van der Waals surface area contributed by atoms with Gasteiger partial charge in [-0.1, -0.05) is 13.8 Å². The van der Waals surface area contributed by atoms with E-state index in [9.17, 15) is 4.79 Å². The van der Waals surface area contributed by atoms with Crippen molar-refractivity contribution < 1.29 is 9.53 Å². The van der Waals surface area contributed by atoms with Crippen LogP contribution in [0, 0.1) is 11.8 Å². The van der Waals surface area contributed by atoms with E-state index in [-0.39, 0.29) is 11.5 Å². The SMILES string of the molecule is CCC(CC)C(=O)N1CCC2(CC1)CC(CCN(C)C)CCO2. The fourth-order valence-corrected chi connectivity index (χ4v) is 4.20. The third-order valence-electron chi connectivity index (χ3n) is 5.90. The van der Waals surface area contributed by atoms with Crippen LogP contribution in [0.25, 0.3) is 0 Å². The molecule has 0 aliphatic carbocycles. The predicted octanol–water partition coefficient (Wildman–Crippen LogP) is 3.16. The molecule has 2 aliphatic heterocycles. The summed E-state index contributed by atoms with van der Waals surface area (Å²) >= 11 is 0. The van der Waals surface area contributed by atoms with Crippen LogP contribution in [0.2, 0.25) is 0 Å². The topological polar surface area (TPSA) is 32.8 Å². The number of rotatable bonds is 6. The highest BCUT2D eigenvalue weighted by Crippen LogP contribution is 2.39. The Morgan fingerprint density at radius 1 is 1.26 bits per heavy atom. The van der Waals surface area contributed by atoms with Crippen LogP contribution in [0.3, 0.4) is 0 Å². The first-order valence-corrected chi connectivity index (χ1v) is 9.57. The molecule has 4 nitrogen and oxygen atoms in total. The number of nitrogens with zero attached hydrogens (tertiary/aromatic N) is 2. The van der Waals surface area contributed by atoms with Crippen LogP contribution in [-0.2, 0) is 9.53 Å². The Kier molecular flexibility index (Phi) is 6.90. The van der Waals surface area contributed by atoms with Crippen molar-refractivity contribution in [2.45, 2.75) is 64.4 Å². The molecule has 0 radical (unpaired) electrons. The molecule has 0 aromatic rings. The second-order valence-electron chi connectivity index (χ2n) is 7.82. The Bertz CT molecular complexity index is 372. The molecular weight excluding hydrogens is 288 g/mol. The quantitative estimate of drug-likeness (QED) is 0.752. The molecule has 0 aromatic carbocycles. The van der Waals surface area contributed by atoms with Crippen LogP contribution in [-0.4, -0.2) is 61.6 Å². The smallest absolute Gasteiger partial charge is 0.225 e.